The van der Waals surface area contributed by atoms with Crippen LogP contribution in [0.15, 0.2) is 22.2 Å². The van der Waals surface area contributed by atoms with Crippen molar-refractivity contribution in [1.82, 2.24) is 27.3 Å². The number of aromatic nitrogens is 4. The summed E-state index contributed by atoms with van der Waals surface area (Å²) in [4.78, 5) is 41.1. The normalized spacial score (nSPS) is 15.1. The van der Waals surface area contributed by atoms with E-state index in [9.17, 15) is 0 Å². The van der Waals surface area contributed by atoms with Gasteiger partial charge in [0.2, 0.25) is 0 Å². The third kappa shape index (κ3) is 13.8. The minimum absolute atomic E-state index is 0.987. The number of rotatable bonds is 11. The first-order chi connectivity index (χ1) is 21.0. The van der Waals surface area contributed by atoms with Crippen LogP contribution in [0.2, 0.25) is 0 Å². The van der Waals surface area contributed by atoms with Gasteiger partial charge in [0.1, 0.15) is 21.4 Å². The van der Waals surface area contributed by atoms with Crippen molar-refractivity contribution in [3.63, 3.8) is 0 Å². The predicted molar refractivity (Wildman–Crippen MR) is 170 cm³/mol. The lowest BCUT2D eigenvalue weighted by Crippen LogP contribution is -2.25. The molecule has 242 valence electrons. The minimum atomic E-state index is -1.82. The first-order valence-electron chi connectivity index (χ1n) is 13.6. The predicted octanol–water partition coefficient (Wildman–Crippen LogP) is 3.58. The number of thioether (sulfide) groups is 2. The second kappa shape index (κ2) is 20.2. The largest absolute Gasteiger partial charge is 0.473 e. The molecule has 0 saturated heterocycles. The highest BCUT2D eigenvalue weighted by Crippen LogP contribution is 2.31. The molecule has 0 bridgehead atoms. The van der Waals surface area contributed by atoms with Crippen molar-refractivity contribution in [1.29, 1.82) is 0 Å². The lowest BCUT2D eigenvalue weighted by molar-refractivity contribution is -0.159. The first kappa shape index (κ1) is 37.3. The van der Waals surface area contributed by atoms with Crippen LogP contribution in [0.4, 0.5) is 0 Å². The van der Waals surface area contributed by atoms with E-state index in [2.05, 4.69) is 53.5 Å². The Kier molecular flexibility index (Phi) is 17.1. The van der Waals surface area contributed by atoms with Gasteiger partial charge in [-0.2, -0.15) is 17.5 Å². The van der Waals surface area contributed by atoms with Crippen LogP contribution in [0, 0.1) is 0 Å². The fourth-order valence-electron chi connectivity index (χ4n) is 3.97. The van der Waals surface area contributed by atoms with Crippen molar-refractivity contribution in [3.05, 3.63) is 23.5 Å². The van der Waals surface area contributed by atoms with E-state index in [4.69, 9.17) is 39.6 Å². The third-order valence-corrected chi connectivity index (χ3v) is 9.48. The number of unbranched alkanes of at least 4 members (excludes halogenated alkanes) is 3. The molecule has 18 heteroatoms. The second-order valence-electron chi connectivity index (χ2n) is 9.68. The number of aliphatic carboxylic acids is 4. The maximum Gasteiger partial charge on any atom is 0.414 e. The summed E-state index contributed by atoms with van der Waals surface area (Å²) in [5.41, 5.74) is 4.93. The molecule has 0 spiro atoms. The molecule has 0 aromatic carbocycles. The van der Waals surface area contributed by atoms with E-state index in [1.54, 1.807) is 0 Å². The van der Waals surface area contributed by atoms with Gasteiger partial charge in [-0.1, -0.05) is 25.0 Å². The molecule has 14 nitrogen and oxygen atoms in total. The molecule has 0 saturated carbocycles. The smallest absolute Gasteiger partial charge is 0.414 e. The van der Waals surface area contributed by atoms with E-state index in [-0.39, 0.29) is 0 Å². The zero-order valence-corrected chi connectivity index (χ0v) is 27.6. The maximum atomic E-state index is 9.10. The summed E-state index contributed by atoms with van der Waals surface area (Å²) in [6, 6.07) is 0. The summed E-state index contributed by atoms with van der Waals surface area (Å²) in [7, 11) is 4.35. The lowest BCUT2D eigenvalue weighted by atomic mass is 10.1. The third-order valence-electron chi connectivity index (χ3n) is 6.09. The molecule has 0 amide bonds. The Morgan fingerprint density at radius 1 is 0.659 bits per heavy atom. The molecule has 2 aromatic heterocycles. The SMILES string of the molecule is CN1CCC=C(c2nsnc2SCCCCCCSc2nsnc2C2=CCCN(C)C2)C1.O=C(O)C(=O)O.O=C(O)C(=O)O. The van der Waals surface area contributed by atoms with Crippen molar-refractivity contribution >= 4 is 82.0 Å². The quantitative estimate of drug-likeness (QED) is 0.151. The maximum absolute atomic E-state index is 9.10. The van der Waals surface area contributed by atoms with E-state index < -0.39 is 23.9 Å². The van der Waals surface area contributed by atoms with Gasteiger partial charge in [0.25, 0.3) is 0 Å². The van der Waals surface area contributed by atoms with Gasteiger partial charge in [0.05, 0.1) is 23.5 Å². The van der Waals surface area contributed by atoms with E-state index >= 15 is 0 Å². The first-order valence-corrected chi connectivity index (χ1v) is 17.0. The van der Waals surface area contributed by atoms with Gasteiger partial charge in [-0.15, -0.1) is 23.5 Å². The topological polar surface area (TPSA) is 207 Å². The van der Waals surface area contributed by atoms with Gasteiger partial charge in [-0.05, 0) is 62.4 Å². The summed E-state index contributed by atoms with van der Waals surface area (Å²) in [6.45, 7) is 4.25. The Morgan fingerprint density at radius 2 is 1.02 bits per heavy atom. The molecule has 0 fully saturated rings. The second-order valence-corrected chi connectivity index (χ2v) is 12.9. The average Bonchev–Trinajstić information content (AvgIpc) is 3.65. The van der Waals surface area contributed by atoms with Crippen LogP contribution in [-0.4, -0.2) is 123 Å². The van der Waals surface area contributed by atoms with Crippen LogP contribution < -0.4 is 0 Å². The molecule has 2 aliphatic heterocycles. The van der Waals surface area contributed by atoms with Crippen LogP contribution in [0.3, 0.4) is 0 Å². The number of carboxylic acids is 4. The fourth-order valence-corrected chi connectivity index (χ4v) is 7.39. The Bertz CT molecular complexity index is 1190. The van der Waals surface area contributed by atoms with Crippen molar-refractivity contribution in [3.8, 4) is 0 Å². The molecular weight excluding hydrogens is 653 g/mol. The number of carboxylic acid groups (broad SMARTS) is 4. The molecule has 0 radical (unpaired) electrons. The van der Waals surface area contributed by atoms with Crippen molar-refractivity contribution in [2.45, 2.75) is 48.6 Å². The minimum Gasteiger partial charge on any atom is -0.473 e. The Morgan fingerprint density at radius 3 is 1.34 bits per heavy atom. The molecule has 0 atom stereocenters. The van der Waals surface area contributed by atoms with Crippen LogP contribution >= 0.6 is 47.0 Å². The lowest BCUT2D eigenvalue weighted by Gasteiger charge is -2.22. The van der Waals surface area contributed by atoms with Gasteiger partial charge >= 0.3 is 23.9 Å². The summed E-state index contributed by atoms with van der Waals surface area (Å²) in [5.74, 6) is -5.05. The Hall–Kier alpha value is -2.90. The van der Waals surface area contributed by atoms with Crippen molar-refractivity contribution < 1.29 is 39.6 Å². The standard InChI is InChI=1S/C22H32N6S4.2C2H2O4/c1-27-11-7-9-17(15-27)19-21(25-31-23-19)29-13-5-3-4-6-14-30-22-20(24-32-26-22)18-10-8-12-28(2)16-18;2*3-1(4)2(5)6/h9-10H,3-8,11-16H2,1-2H3;2*(H,3,4)(H,5,6). The van der Waals surface area contributed by atoms with Crippen molar-refractivity contribution in [2.75, 3.05) is 51.8 Å². The highest BCUT2D eigenvalue weighted by atomic mass is 32.2. The van der Waals surface area contributed by atoms with Gasteiger partial charge in [-0.3, -0.25) is 0 Å². The zero-order chi connectivity index (χ0) is 32.5. The molecule has 0 aliphatic carbocycles. The fraction of sp³-hybridized carbons (Fsp3) is 0.538. The molecular formula is C26H36N6O8S4. The van der Waals surface area contributed by atoms with Crippen molar-refractivity contribution in [2.24, 2.45) is 0 Å². The molecule has 2 aromatic rings. The summed E-state index contributed by atoms with van der Waals surface area (Å²) in [5, 5.41) is 31.8. The van der Waals surface area contributed by atoms with E-state index in [0.29, 0.717) is 0 Å². The zero-order valence-electron chi connectivity index (χ0n) is 24.4. The summed E-state index contributed by atoms with van der Waals surface area (Å²) < 4.78 is 18.3. The molecule has 0 unspecified atom stereocenters. The van der Waals surface area contributed by atoms with Gasteiger partial charge in [0, 0.05) is 26.2 Å². The number of likely N-dealkylation sites (N-methyl/N-ethyl adjacent to an activating group) is 2. The molecule has 4 rings (SSSR count). The van der Waals surface area contributed by atoms with Gasteiger partial charge in [0.15, 0.2) is 0 Å². The van der Waals surface area contributed by atoms with E-state index in [1.165, 1.54) is 60.3 Å². The number of hydrogen-bond acceptors (Lipinski definition) is 14. The van der Waals surface area contributed by atoms with Crippen LogP contribution in [-0.2, 0) is 19.2 Å². The summed E-state index contributed by atoms with van der Waals surface area (Å²) >= 11 is 6.44. The molecule has 44 heavy (non-hydrogen) atoms. The number of carbonyl (C=O) groups is 4. The van der Waals surface area contributed by atoms with E-state index in [1.807, 2.05) is 23.5 Å². The number of hydrogen-bond donors (Lipinski definition) is 4. The Labute approximate surface area is 271 Å². The van der Waals surface area contributed by atoms with Crippen LogP contribution in [0.1, 0.15) is 49.9 Å². The molecule has 4 N–H and O–H groups in total. The highest BCUT2D eigenvalue weighted by Gasteiger charge is 2.19. The highest BCUT2D eigenvalue weighted by molar-refractivity contribution is 7.99. The van der Waals surface area contributed by atoms with Gasteiger partial charge < -0.3 is 30.2 Å². The van der Waals surface area contributed by atoms with E-state index in [0.717, 1.165) is 72.0 Å². The summed E-state index contributed by atoms with van der Waals surface area (Å²) in [6.07, 6.45) is 11.9. The Balaban J connectivity index is 0.000000477. The van der Waals surface area contributed by atoms with Gasteiger partial charge in [-0.25, -0.2) is 19.2 Å². The average molecular weight is 689 g/mol. The number of nitrogens with zero attached hydrogens (tertiary/aromatic N) is 6. The van der Waals surface area contributed by atoms with Crippen LogP contribution in [0.5, 0.6) is 0 Å². The van der Waals surface area contributed by atoms with Crippen LogP contribution in [0.25, 0.3) is 11.1 Å². The molecule has 2 aliphatic rings. The monoisotopic (exact) mass is 688 g/mol. The molecule has 4 heterocycles.